The summed E-state index contributed by atoms with van der Waals surface area (Å²) in [6, 6.07) is 8.73. The van der Waals surface area contributed by atoms with Crippen molar-refractivity contribution in [2.75, 3.05) is 0 Å². The van der Waals surface area contributed by atoms with E-state index in [2.05, 4.69) is 44.0 Å². The van der Waals surface area contributed by atoms with Crippen LogP contribution < -0.4 is 0 Å². The van der Waals surface area contributed by atoms with Gasteiger partial charge in [0.05, 0.1) is 0 Å². The van der Waals surface area contributed by atoms with Crippen molar-refractivity contribution in [3.63, 3.8) is 0 Å². The summed E-state index contributed by atoms with van der Waals surface area (Å²) in [5, 5.41) is 0. The van der Waals surface area contributed by atoms with Crippen molar-refractivity contribution in [1.29, 1.82) is 0 Å². The molecule has 90 valence electrons. The summed E-state index contributed by atoms with van der Waals surface area (Å²) in [5.74, 6) is 0. The van der Waals surface area contributed by atoms with E-state index in [4.69, 9.17) is 0 Å². The van der Waals surface area contributed by atoms with E-state index < -0.39 is 0 Å². The molecular weight excluding hydrogens is 311 g/mol. The fourth-order valence-electron chi connectivity index (χ4n) is 2.38. The van der Waals surface area contributed by atoms with Crippen LogP contribution in [0.4, 0.5) is 0 Å². The predicted molar refractivity (Wildman–Crippen MR) is 81.6 cm³/mol. The molecular formula is C16H22Sn. The quantitative estimate of drug-likeness (QED) is 0.531. The second kappa shape index (κ2) is 6.85. The molecule has 0 atom stereocenters. The minimum atomic E-state index is 0.310. The Morgan fingerprint density at radius 1 is 1.00 bits per heavy atom. The van der Waals surface area contributed by atoms with Crippen LogP contribution in [-0.4, -0.2) is 22.5 Å². The zero-order valence-corrected chi connectivity index (χ0v) is 16.5. The Morgan fingerprint density at radius 3 is 2.12 bits per heavy atom. The Kier molecular flexibility index (Phi) is 5.76. The topological polar surface area (TPSA) is 0 Å². The number of hydrogen-bond acceptors (Lipinski definition) is 0. The SMILES string of the molecule is C=CCc1ccccc1[C]([SnH3])(CC=C)CC=C. The summed E-state index contributed by atoms with van der Waals surface area (Å²) in [7, 11) is 0. The summed E-state index contributed by atoms with van der Waals surface area (Å²) in [6.07, 6.45) is 9.14. The first-order chi connectivity index (χ1) is 8.18. The van der Waals surface area contributed by atoms with E-state index in [0.29, 0.717) is 26.0 Å². The van der Waals surface area contributed by atoms with Crippen LogP contribution in [0.1, 0.15) is 24.0 Å². The first-order valence-corrected chi connectivity index (χ1v) is 8.94. The Hall–Kier alpha value is -0.761. The second-order valence-electron chi connectivity index (χ2n) is 4.70. The average Bonchev–Trinajstić information content (AvgIpc) is 2.31. The monoisotopic (exact) mass is 334 g/mol. The summed E-state index contributed by atoms with van der Waals surface area (Å²) < 4.78 is 0.310. The van der Waals surface area contributed by atoms with Gasteiger partial charge in [0.15, 0.2) is 0 Å². The van der Waals surface area contributed by atoms with E-state index in [1.165, 1.54) is 11.1 Å². The molecule has 1 heteroatoms. The van der Waals surface area contributed by atoms with Crippen molar-refractivity contribution >= 4 is 22.5 Å². The van der Waals surface area contributed by atoms with Gasteiger partial charge in [-0.05, 0) is 0 Å². The number of benzene rings is 1. The molecule has 0 aliphatic heterocycles. The van der Waals surface area contributed by atoms with Crippen LogP contribution in [-0.2, 0) is 9.85 Å². The Bertz CT molecular complexity index is 394. The van der Waals surface area contributed by atoms with Gasteiger partial charge in [-0.25, -0.2) is 0 Å². The van der Waals surface area contributed by atoms with Gasteiger partial charge in [0, 0.05) is 0 Å². The zero-order valence-electron chi connectivity index (χ0n) is 10.8. The van der Waals surface area contributed by atoms with Crippen molar-refractivity contribution in [3.05, 3.63) is 73.4 Å². The number of allylic oxidation sites excluding steroid dienone is 3. The van der Waals surface area contributed by atoms with E-state index in [0.717, 1.165) is 19.3 Å². The van der Waals surface area contributed by atoms with Gasteiger partial charge in [0.2, 0.25) is 0 Å². The molecule has 1 aromatic rings. The molecule has 0 bridgehead atoms. The fraction of sp³-hybridized carbons (Fsp3) is 0.250. The molecule has 0 nitrogen and oxygen atoms in total. The molecule has 1 aromatic carbocycles. The number of rotatable bonds is 7. The Balaban J connectivity index is 3.20. The molecule has 0 aliphatic rings. The van der Waals surface area contributed by atoms with Gasteiger partial charge in [0.1, 0.15) is 0 Å². The molecule has 0 aromatic heterocycles. The third-order valence-corrected chi connectivity index (χ3v) is 7.09. The van der Waals surface area contributed by atoms with E-state index >= 15 is 0 Å². The van der Waals surface area contributed by atoms with Crippen molar-refractivity contribution < 1.29 is 0 Å². The summed E-state index contributed by atoms with van der Waals surface area (Å²) >= 11 is 0.504. The van der Waals surface area contributed by atoms with Gasteiger partial charge in [-0.3, -0.25) is 0 Å². The maximum atomic E-state index is 3.91. The fourth-order valence-corrected chi connectivity index (χ4v) is 5.42. The molecule has 0 heterocycles. The van der Waals surface area contributed by atoms with Crippen molar-refractivity contribution in [3.8, 4) is 0 Å². The molecule has 0 radical (unpaired) electrons. The first-order valence-electron chi connectivity index (χ1n) is 6.09. The van der Waals surface area contributed by atoms with Crippen LogP contribution in [0.5, 0.6) is 0 Å². The molecule has 0 unspecified atom stereocenters. The van der Waals surface area contributed by atoms with Gasteiger partial charge >= 0.3 is 119 Å². The van der Waals surface area contributed by atoms with Crippen molar-refractivity contribution in [1.82, 2.24) is 0 Å². The Labute approximate surface area is 118 Å². The van der Waals surface area contributed by atoms with Crippen LogP contribution in [0.3, 0.4) is 0 Å². The normalized spacial score (nSPS) is 11.1. The molecule has 17 heavy (non-hydrogen) atoms. The van der Waals surface area contributed by atoms with Gasteiger partial charge in [-0.2, -0.15) is 0 Å². The summed E-state index contributed by atoms with van der Waals surface area (Å²) in [4.78, 5) is 0. The third-order valence-electron chi connectivity index (χ3n) is 3.22. The van der Waals surface area contributed by atoms with Crippen LogP contribution in [0.25, 0.3) is 0 Å². The number of hydrogen-bond donors (Lipinski definition) is 0. The van der Waals surface area contributed by atoms with Crippen LogP contribution >= 0.6 is 0 Å². The standard InChI is InChI=1S/C16H19.Sn.3H/c1-4-9-14(10-5-2)16-13-8-7-12-15(16)11-6-3;;;;/h4-8,12-13H,1-3,9-11H2;;;;. The van der Waals surface area contributed by atoms with Gasteiger partial charge in [-0.1, -0.05) is 0 Å². The molecule has 0 N–H and O–H groups in total. The van der Waals surface area contributed by atoms with Gasteiger partial charge < -0.3 is 0 Å². The second-order valence-corrected chi connectivity index (χ2v) is 10.2. The van der Waals surface area contributed by atoms with E-state index in [9.17, 15) is 0 Å². The summed E-state index contributed by atoms with van der Waals surface area (Å²) in [5.41, 5.74) is 2.89. The molecule has 0 fully saturated rings. The van der Waals surface area contributed by atoms with Crippen molar-refractivity contribution in [2.45, 2.75) is 22.7 Å². The first kappa shape index (κ1) is 14.3. The third kappa shape index (κ3) is 3.60. The summed E-state index contributed by atoms with van der Waals surface area (Å²) in [6.45, 7) is 11.7. The molecule has 0 spiro atoms. The van der Waals surface area contributed by atoms with E-state index in [-0.39, 0.29) is 0 Å². The van der Waals surface area contributed by atoms with E-state index in [1.807, 2.05) is 18.2 Å². The van der Waals surface area contributed by atoms with Crippen LogP contribution in [0, 0.1) is 0 Å². The molecule has 0 aliphatic carbocycles. The van der Waals surface area contributed by atoms with Crippen LogP contribution in [0.2, 0.25) is 0 Å². The van der Waals surface area contributed by atoms with Crippen LogP contribution in [0.15, 0.2) is 62.2 Å². The van der Waals surface area contributed by atoms with Gasteiger partial charge in [0.25, 0.3) is 0 Å². The molecule has 0 saturated carbocycles. The zero-order chi connectivity index (χ0) is 12.7. The van der Waals surface area contributed by atoms with Crippen molar-refractivity contribution in [2.24, 2.45) is 0 Å². The molecule has 0 amide bonds. The van der Waals surface area contributed by atoms with Gasteiger partial charge in [-0.15, -0.1) is 0 Å². The molecule has 1 rings (SSSR count). The molecule has 0 saturated heterocycles. The minimum absolute atomic E-state index is 0.310. The van der Waals surface area contributed by atoms with E-state index in [1.54, 1.807) is 0 Å². The Morgan fingerprint density at radius 2 is 1.59 bits per heavy atom. The average molecular weight is 333 g/mol. The predicted octanol–water partition coefficient (Wildman–Crippen LogP) is 3.13. The maximum absolute atomic E-state index is 3.91.